The van der Waals surface area contributed by atoms with E-state index >= 15 is 0 Å². The Morgan fingerprint density at radius 1 is 1.26 bits per heavy atom. The second-order valence-corrected chi connectivity index (χ2v) is 7.25. The van der Waals surface area contributed by atoms with Crippen LogP contribution in [0.4, 0.5) is 0 Å². The quantitative estimate of drug-likeness (QED) is 0.728. The largest absolute Gasteiger partial charge is 0.385 e. The summed E-state index contributed by atoms with van der Waals surface area (Å²) in [5, 5.41) is 3.09. The van der Waals surface area contributed by atoms with Gasteiger partial charge in [-0.3, -0.25) is 9.78 Å². The molecule has 1 aromatic carbocycles. The van der Waals surface area contributed by atoms with Crippen LogP contribution < -0.4 is 5.32 Å². The number of hydrogen-bond acceptors (Lipinski definition) is 4. The number of carbonyl (C=O) groups is 1. The summed E-state index contributed by atoms with van der Waals surface area (Å²) in [5.41, 5.74) is 3.64. The number of nitrogens with one attached hydrogen (secondary N) is 1. The number of hydrogen-bond donors (Lipinski definition) is 1. The van der Waals surface area contributed by atoms with Crippen LogP contribution in [0.1, 0.15) is 28.9 Å². The Kier molecular flexibility index (Phi) is 6.96. The Labute approximate surface area is 161 Å². The summed E-state index contributed by atoms with van der Waals surface area (Å²) < 4.78 is 5.11. The average Bonchev–Trinajstić information content (AvgIpc) is 3.14. The number of amides is 1. The molecule has 2 heterocycles. The first-order valence-corrected chi connectivity index (χ1v) is 9.69. The molecular weight excluding hydrogens is 338 g/mol. The Hall–Kier alpha value is -2.24. The topological polar surface area (TPSA) is 54.5 Å². The van der Waals surface area contributed by atoms with Crippen LogP contribution in [0.25, 0.3) is 11.3 Å². The molecule has 0 unspecified atom stereocenters. The van der Waals surface area contributed by atoms with Gasteiger partial charge < -0.3 is 15.0 Å². The first-order valence-electron chi connectivity index (χ1n) is 9.69. The Bertz CT molecular complexity index is 745. The zero-order valence-corrected chi connectivity index (χ0v) is 16.3. The van der Waals surface area contributed by atoms with E-state index in [9.17, 15) is 4.79 Å². The molecule has 1 aromatic heterocycles. The molecule has 0 aliphatic carbocycles. The van der Waals surface area contributed by atoms with Crippen LogP contribution in [0, 0.1) is 12.8 Å². The van der Waals surface area contributed by atoms with Gasteiger partial charge in [0.15, 0.2) is 0 Å². The molecule has 144 valence electrons. The highest BCUT2D eigenvalue weighted by Gasteiger charge is 2.22. The van der Waals surface area contributed by atoms with Crippen LogP contribution in [-0.2, 0) is 4.74 Å². The number of pyridine rings is 1. The lowest BCUT2D eigenvalue weighted by Gasteiger charge is -2.16. The molecule has 27 heavy (non-hydrogen) atoms. The molecule has 5 nitrogen and oxygen atoms in total. The zero-order chi connectivity index (χ0) is 19.1. The van der Waals surface area contributed by atoms with E-state index in [-0.39, 0.29) is 5.91 Å². The maximum absolute atomic E-state index is 12.4. The third-order valence-corrected chi connectivity index (χ3v) is 5.08. The predicted octanol–water partition coefficient (Wildman–Crippen LogP) is 3.15. The van der Waals surface area contributed by atoms with Gasteiger partial charge >= 0.3 is 0 Å². The minimum absolute atomic E-state index is 0.00316. The number of ether oxygens (including phenoxy) is 1. The fraction of sp³-hybridized carbons (Fsp3) is 0.455. The van der Waals surface area contributed by atoms with Crippen LogP contribution in [0.5, 0.6) is 0 Å². The second-order valence-electron chi connectivity index (χ2n) is 7.25. The van der Waals surface area contributed by atoms with Gasteiger partial charge in [-0.25, -0.2) is 0 Å². The van der Waals surface area contributed by atoms with Gasteiger partial charge in [-0.15, -0.1) is 0 Å². The molecule has 0 saturated carbocycles. The van der Waals surface area contributed by atoms with Crippen LogP contribution in [0.15, 0.2) is 42.5 Å². The van der Waals surface area contributed by atoms with Crippen molar-refractivity contribution in [3.63, 3.8) is 0 Å². The third-order valence-electron chi connectivity index (χ3n) is 5.08. The zero-order valence-electron chi connectivity index (χ0n) is 16.3. The van der Waals surface area contributed by atoms with E-state index in [0.29, 0.717) is 11.5 Å². The van der Waals surface area contributed by atoms with Crippen molar-refractivity contribution in [2.45, 2.75) is 19.8 Å². The standard InChI is InChI=1S/C22H29N3O2/c1-17-5-3-6-21(24-17)19-7-9-20(10-8-19)22(26)23-15-18-11-13-25(16-18)12-4-14-27-2/h3,5-10,18H,4,11-16H2,1-2H3,(H,23,26)/t18-/m1/s1. The van der Waals surface area contributed by atoms with Gasteiger partial charge in [0.05, 0.1) is 5.69 Å². The van der Waals surface area contributed by atoms with Crippen molar-refractivity contribution in [3.8, 4) is 11.3 Å². The molecule has 1 atom stereocenters. The number of methoxy groups -OCH3 is 1. The van der Waals surface area contributed by atoms with E-state index in [1.807, 2.05) is 49.4 Å². The molecule has 1 amide bonds. The van der Waals surface area contributed by atoms with Gasteiger partial charge in [0.2, 0.25) is 0 Å². The first-order chi connectivity index (χ1) is 13.2. The maximum atomic E-state index is 12.4. The van der Waals surface area contributed by atoms with Crippen molar-refractivity contribution < 1.29 is 9.53 Å². The minimum atomic E-state index is -0.00316. The number of aromatic nitrogens is 1. The fourth-order valence-electron chi connectivity index (χ4n) is 3.55. The van der Waals surface area contributed by atoms with E-state index in [1.54, 1.807) is 7.11 Å². The highest BCUT2D eigenvalue weighted by atomic mass is 16.5. The maximum Gasteiger partial charge on any atom is 0.251 e. The van der Waals surface area contributed by atoms with E-state index in [2.05, 4.69) is 15.2 Å². The second kappa shape index (κ2) is 9.62. The van der Waals surface area contributed by atoms with Crippen molar-refractivity contribution in [2.24, 2.45) is 5.92 Å². The van der Waals surface area contributed by atoms with Gasteiger partial charge in [0.1, 0.15) is 0 Å². The number of likely N-dealkylation sites (tertiary alicyclic amines) is 1. The minimum Gasteiger partial charge on any atom is -0.385 e. The molecular formula is C22H29N3O2. The average molecular weight is 367 g/mol. The molecule has 3 rings (SSSR count). The number of aryl methyl sites for hydroxylation is 1. The lowest BCUT2D eigenvalue weighted by Crippen LogP contribution is -2.31. The predicted molar refractivity (Wildman–Crippen MR) is 108 cm³/mol. The molecule has 0 radical (unpaired) electrons. The molecule has 5 heteroatoms. The number of nitrogens with zero attached hydrogens (tertiary/aromatic N) is 2. The van der Waals surface area contributed by atoms with Gasteiger partial charge in [0.25, 0.3) is 5.91 Å². The van der Waals surface area contributed by atoms with E-state index < -0.39 is 0 Å². The summed E-state index contributed by atoms with van der Waals surface area (Å²) in [6.45, 7) is 6.77. The monoisotopic (exact) mass is 367 g/mol. The Morgan fingerprint density at radius 2 is 2.07 bits per heavy atom. The lowest BCUT2D eigenvalue weighted by molar-refractivity contribution is 0.0947. The molecule has 1 aliphatic heterocycles. The van der Waals surface area contributed by atoms with Crippen molar-refractivity contribution in [3.05, 3.63) is 53.7 Å². The van der Waals surface area contributed by atoms with Crippen molar-refractivity contribution in [2.75, 3.05) is 39.9 Å². The number of benzene rings is 1. The highest BCUT2D eigenvalue weighted by Crippen LogP contribution is 2.19. The lowest BCUT2D eigenvalue weighted by atomic mass is 10.1. The smallest absolute Gasteiger partial charge is 0.251 e. The summed E-state index contributed by atoms with van der Waals surface area (Å²) >= 11 is 0. The van der Waals surface area contributed by atoms with Crippen molar-refractivity contribution in [1.29, 1.82) is 0 Å². The van der Waals surface area contributed by atoms with Gasteiger partial charge in [-0.2, -0.15) is 0 Å². The summed E-state index contributed by atoms with van der Waals surface area (Å²) in [7, 11) is 1.74. The molecule has 0 bridgehead atoms. The normalized spacial score (nSPS) is 17.2. The first kappa shape index (κ1) is 19.5. The summed E-state index contributed by atoms with van der Waals surface area (Å²) in [4.78, 5) is 19.4. The highest BCUT2D eigenvalue weighted by molar-refractivity contribution is 5.94. The Balaban J connectivity index is 1.47. The molecule has 2 aromatic rings. The van der Waals surface area contributed by atoms with Crippen molar-refractivity contribution >= 4 is 5.91 Å². The van der Waals surface area contributed by atoms with Gasteiger partial charge in [-0.05, 0) is 56.5 Å². The Morgan fingerprint density at radius 3 is 2.81 bits per heavy atom. The SMILES string of the molecule is COCCCN1CC[C@H](CNC(=O)c2ccc(-c3cccc(C)n3)cc2)C1. The molecule has 1 aliphatic rings. The molecule has 1 fully saturated rings. The van der Waals surface area contributed by atoms with Crippen LogP contribution in [0.3, 0.4) is 0 Å². The van der Waals surface area contributed by atoms with Gasteiger partial charge in [-0.1, -0.05) is 18.2 Å². The third kappa shape index (κ3) is 5.62. The molecule has 1 N–H and O–H groups in total. The summed E-state index contributed by atoms with van der Waals surface area (Å²) in [6, 6.07) is 13.6. The van der Waals surface area contributed by atoms with Crippen LogP contribution in [-0.4, -0.2) is 55.7 Å². The fourth-order valence-corrected chi connectivity index (χ4v) is 3.55. The van der Waals surface area contributed by atoms with E-state index in [1.165, 1.54) is 0 Å². The summed E-state index contributed by atoms with van der Waals surface area (Å²) in [6.07, 6.45) is 2.21. The van der Waals surface area contributed by atoms with E-state index in [0.717, 1.165) is 62.6 Å². The number of rotatable bonds is 8. The van der Waals surface area contributed by atoms with Crippen molar-refractivity contribution in [1.82, 2.24) is 15.2 Å². The van der Waals surface area contributed by atoms with Crippen LogP contribution >= 0.6 is 0 Å². The molecule has 0 spiro atoms. The number of carbonyl (C=O) groups excluding carboxylic acids is 1. The molecule has 1 saturated heterocycles. The van der Waals surface area contributed by atoms with Crippen LogP contribution in [0.2, 0.25) is 0 Å². The summed E-state index contributed by atoms with van der Waals surface area (Å²) in [5.74, 6) is 0.531. The van der Waals surface area contributed by atoms with E-state index in [4.69, 9.17) is 4.74 Å². The van der Waals surface area contributed by atoms with Gasteiger partial charge in [0, 0.05) is 50.2 Å².